The monoisotopic (exact) mass is 472 g/mol. The van der Waals surface area contributed by atoms with E-state index in [-0.39, 0.29) is 10.6 Å². The van der Waals surface area contributed by atoms with Crippen LogP contribution in [0.15, 0.2) is 47.4 Å². The molecule has 0 amide bonds. The zero-order chi connectivity index (χ0) is 23.0. The number of rotatable bonds is 6. The largest absolute Gasteiger partial charge is 0.462 e. The fraction of sp³-hybridized carbons (Fsp3) is 0.300. The molecule has 0 saturated carbocycles. The van der Waals surface area contributed by atoms with Crippen molar-refractivity contribution in [1.29, 1.82) is 0 Å². The predicted molar refractivity (Wildman–Crippen MR) is 110 cm³/mol. The van der Waals surface area contributed by atoms with Crippen LogP contribution in [0.5, 0.6) is 0 Å². The van der Waals surface area contributed by atoms with Gasteiger partial charge in [0.2, 0.25) is 0 Å². The first kappa shape index (κ1) is 23.0. The van der Waals surface area contributed by atoms with Gasteiger partial charge in [-0.2, -0.15) is 18.3 Å². The molecule has 0 saturated heterocycles. The summed E-state index contributed by atoms with van der Waals surface area (Å²) in [7, 11) is -3.41. The van der Waals surface area contributed by atoms with E-state index in [4.69, 9.17) is 4.74 Å². The van der Waals surface area contributed by atoms with Gasteiger partial charge in [-0.15, -0.1) is 11.3 Å². The van der Waals surface area contributed by atoms with E-state index >= 15 is 0 Å². The molecule has 166 valence electrons. The van der Waals surface area contributed by atoms with Gasteiger partial charge in [0.15, 0.2) is 15.5 Å². The van der Waals surface area contributed by atoms with Crippen LogP contribution in [0, 0.1) is 0 Å². The first-order valence-corrected chi connectivity index (χ1v) is 11.8. The SMILES string of the molecule is CC(C)OC(=O)Cn1nc(C(F)(F)F)cc1-c1ccc(-c2cccc(S(C)(=O)=O)c2)s1. The van der Waals surface area contributed by atoms with Gasteiger partial charge in [0.1, 0.15) is 6.54 Å². The number of nitrogens with zero attached hydrogens (tertiary/aromatic N) is 2. The molecule has 0 aliphatic carbocycles. The lowest BCUT2D eigenvalue weighted by atomic mass is 10.2. The Morgan fingerprint density at radius 3 is 2.45 bits per heavy atom. The van der Waals surface area contributed by atoms with Crippen LogP contribution in [0.4, 0.5) is 13.2 Å². The molecule has 0 radical (unpaired) electrons. The summed E-state index contributed by atoms with van der Waals surface area (Å²) in [6.45, 7) is 2.80. The molecular formula is C20H19F3N2O4S2. The van der Waals surface area contributed by atoms with E-state index in [1.807, 2.05) is 0 Å². The van der Waals surface area contributed by atoms with Crippen LogP contribution >= 0.6 is 11.3 Å². The summed E-state index contributed by atoms with van der Waals surface area (Å²) in [4.78, 5) is 13.2. The van der Waals surface area contributed by atoms with Crippen LogP contribution in [0.3, 0.4) is 0 Å². The van der Waals surface area contributed by atoms with Crippen molar-refractivity contribution in [3.63, 3.8) is 0 Å². The quantitative estimate of drug-likeness (QED) is 0.488. The number of halogens is 3. The molecule has 0 atom stereocenters. The van der Waals surface area contributed by atoms with Gasteiger partial charge in [-0.3, -0.25) is 9.48 Å². The average Bonchev–Trinajstić information content (AvgIpc) is 3.27. The van der Waals surface area contributed by atoms with Crippen LogP contribution in [-0.4, -0.2) is 36.5 Å². The van der Waals surface area contributed by atoms with E-state index in [1.54, 1.807) is 38.1 Å². The van der Waals surface area contributed by atoms with Crippen molar-refractivity contribution in [2.45, 2.75) is 37.6 Å². The van der Waals surface area contributed by atoms with E-state index in [2.05, 4.69) is 5.10 Å². The number of benzene rings is 1. The summed E-state index contributed by atoms with van der Waals surface area (Å²) in [5.74, 6) is -0.703. The van der Waals surface area contributed by atoms with Crippen LogP contribution in [0.25, 0.3) is 21.0 Å². The zero-order valence-electron chi connectivity index (χ0n) is 16.8. The van der Waals surface area contributed by atoms with Crippen molar-refractivity contribution < 1.29 is 31.1 Å². The van der Waals surface area contributed by atoms with E-state index in [0.29, 0.717) is 15.3 Å². The minimum Gasteiger partial charge on any atom is -0.462 e. The average molecular weight is 473 g/mol. The summed E-state index contributed by atoms with van der Waals surface area (Å²) in [6.07, 6.45) is -3.99. The number of hydrogen-bond acceptors (Lipinski definition) is 6. The lowest BCUT2D eigenvalue weighted by Crippen LogP contribution is -2.19. The molecule has 3 aromatic rings. The van der Waals surface area contributed by atoms with Crippen molar-refractivity contribution in [1.82, 2.24) is 9.78 Å². The van der Waals surface area contributed by atoms with E-state index in [0.717, 1.165) is 28.3 Å². The number of aromatic nitrogens is 2. The molecule has 31 heavy (non-hydrogen) atoms. The molecular weight excluding hydrogens is 453 g/mol. The van der Waals surface area contributed by atoms with E-state index < -0.39 is 40.3 Å². The third kappa shape index (κ3) is 5.53. The maximum Gasteiger partial charge on any atom is 0.435 e. The van der Waals surface area contributed by atoms with Crippen molar-refractivity contribution in [2.24, 2.45) is 0 Å². The highest BCUT2D eigenvalue weighted by atomic mass is 32.2. The maximum atomic E-state index is 13.2. The molecule has 0 N–H and O–H groups in total. The van der Waals surface area contributed by atoms with Crippen molar-refractivity contribution in [2.75, 3.05) is 6.26 Å². The fourth-order valence-electron chi connectivity index (χ4n) is 2.81. The Hall–Kier alpha value is -2.66. The summed E-state index contributed by atoms with van der Waals surface area (Å²) in [5, 5.41) is 3.55. The molecule has 2 heterocycles. The number of thiophene rings is 1. The molecule has 2 aromatic heterocycles. The number of alkyl halides is 3. The second-order valence-electron chi connectivity index (χ2n) is 7.07. The smallest absolute Gasteiger partial charge is 0.435 e. The molecule has 0 unspecified atom stereocenters. The molecule has 11 heteroatoms. The van der Waals surface area contributed by atoms with Gasteiger partial charge in [0.25, 0.3) is 0 Å². The minimum atomic E-state index is -4.67. The zero-order valence-corrected chi connectivity index (χ0v) is 18.4. The predicted octanol–water partition coefficient (Wildman–Crippen LogP) is 4.65. The van der Waals surface area contributed by atoms with Crippen molar-refractivity contribution >= 4 is 27.1 Å². The standard InChI is InChI=1S/C20H19F3N2O4S2/c1-12(2)29-19(26)11-25-15(10-18(24-25)20(21,22)23)17-8-7-16(30-17)13-5-4-6-14(9-13)31(3,27)28/h4-10,12H,11H2,1-3H3. The number of carbonyl (C=O) groups excluding carboxylic acids is 1. The van der Waals surface area contributed by atoms with Crippen molar-refractivity contribution in [3.8, 4) is 21.0 Å². The lowest BCUT2D eigenvalue weighted by molar-refractivity contribution is -0.149. The molecule has 0 fully saturated rings. The van der Waals surface area contributed by atoms with Gasteiger partial charge < -0.3 is 4.74 Å². The molecule has 1 aromatic carbocycles. The topological polar surface area (TPSA) is 78.3 Å². The van der Waals surface area contributed by atoms with Crippen LogP contribution in [0.1, 0.15) is 19.5 Å². The highest BCUT2D eigenvalue weighted by Crippen LogP contribution is 2.38. The highest BCUT2D eigenvalue weighted by Gasteiger charge is 2.35. The molecule has 0 aliphatic heterocycles. The van der Waals surface area contributed by atoms with Gasteiger partial charge in [-0.1, -0.05) is 12.1 Å². The summed E-state index contributed by atoms with van der Waals surface area (Å²) in [5.41, 5.74) is -0.391. The Kier molecular flexibility index (Phi) is 6.28. The Bertz CT molecular complexity index is 1210. The van der Waals surface area contributed by atoms with Gasteiger partial charge in [0, 0.05) is 11.1 Å². The maximum absolute atomic E-state index is 13.2. The Morgan fingerprint density at radius 2 is 1.84 bits per heavy atom. The fourth-order valence-corrected chi connectivity index (χ4v) is 4.50. The van der Waals surface area contributed by atoms with Crippen LogP contribution < -0.4 is 0 Å². The lowest BCUT2D eigenvalue weighted by Gasteiger charge is -2.09. The number of esters is 1. The molecule has 6 nitrogen and oxygen atoms in total. The number of ether oxygens (including phenoxy) is 1. The van der Waals surface area contributed by atoms with Crippen LogP contribution in [-0.2, 0) is 32.1 Å². The Labute approximate surface area is 181 Å². The number of carbonyl (C=O) groups is 1. The van der Waals surface area contributed by atoms with E-state index in [9.17, 15) is 26.4 Å². The van der Waals surface area contributed by atoms with E-state index in [1.165, 1.54) is 12.1 Å². The highest BCUT2D eigenvalue weighted by molar-refractivity contribution is 7.90. The summed E-state index contributed by atoms with van der Waals surface area (Å²) >= 11 is 1.16. The molecule has 0 spiro atoms. The normalized spacial score (nSPS) is 12.4. The first-order chi connectivity index (χ1) is 14.3. The number of hydrogen-bond donors (Lipinski definition) is 0. The molecule has 0 bridgehead atoms. The number of sulfone groups is 1. The molecule has 3 rings (SSSR count). The third-order valence-corrected chi connectivity index (χ3v) is 6.39. The van der Waals surface area contributed by atoms with Crippen LogP contribution in [0.2, 0.25) is 0 Å². The van der Waals surface area contributed by atoms with Crippen molar-refractivity contribution in [3.05, 3.63) is 48.2 Å². The summed E-state index contributed by atoms with van der Waals surface area (Å²) < 4.78 is 69.3. The Morgan fingerprint density at radius 1 is 1.16 bits per heavy atom. The summed E-state index contributed by atoms with van der Waals surface area (Å²) in [6, 6.07) is 10.4. The van der Waals surface area contributed by atoms with Gasteiger partial charge in [-0.05, 0) is 49.7 Å². The minimum absolute atomic E-state index is 0.114. The second kappa shape index (κ2) is 8.46. The van der Waals surface area contributed by atoms with Gasteiger partial charge in [-0.25, -0.2) is 8.42 Å². The third-order valence-electron chi connectivity index (χ3n) is 4.12. The molecule has 0 aliphatic rings. The second-order valence-corrected chi connectivity index (χ2v) is 10.2. The first-order valence-electron chi connectivity index (χ1n) is 9.10. The van der Waals surface area contributed by atoms with Gasteiger partial charge in [0.05, 0.1) is 21.6 Å². The van der Waals surface area contributed by atoms with Gasteiger partial charge >= 0.3 is 12.1 Å². The Balaban J connectivity index is 2.01.